The average molecular weight is 256 g/mol. The zero-order valence-electron chi connectivity index (χ0n) is 11.8. The van der Waals surface area contributed by atoms with Crippen LogP contribution in [-0.2, 0) is 14.0 Å². The quantitative estimate of drug-likeness (QED) is 0.431. The highest BCUT2D eigenvalue weighted by atomic mass is 28.4. The summed E-state index contributed by atoms with van der Waals surface area (Å²) in [4.78, 5) is 11.1. The summed E-state index contributed by atoms with van der Waals surface area (Å²) in [6.45, 7) is 10.8. The summed E-state index contributed by atoms with van der Waals surface area (Å²) >= 11 is 0. The minimum atomic E-state index is -1.87. The topological polar surface area (TPSA) is 35.5 Å². The first-order chi connectivity index (χ1) is 7.64. The van der Waals surface area contributed by atoms with Crippen LogP contribution in [0.4, 0.5) is 0 Å². The van der Waals surface area contributed by atoms with Crippen molar-refractivity contribution in [3.8, 4) is 12.3 Å². The molecule has 0 radical (unpaired) electrons. The molecule has 0 aromatic carbocycles. The Kier molecular flexibility index (Phi) is 5.93. The number of terminal acetylenes is 1. The summed E-state index contributed by atoms with van der Waals surface area (Å²) < 4.78 is 10.6. The molecule has 0 rings (SSSR count). The van der Waals surface area contributed by atoms with Gasteiger partial charge in [0.25, 0.3) is 0 Å². The summed E-state index contributed by atoms with van der Waals surface area (Å²) in [5, 5.41) is 0.118. The van der Waals surface area contributed by atoms with E-state index in [2.05, 4.69) is 44.5 Å². The molecule has 98 valence electrons. The first kappa shape index (κ1) is 16.2. The molecule has 0 spiro atoms. The first-order valence-electron chi connectivity index (χ1n) is 5.85. The standard InChI is InChI=1S/C13H24O3Si/c1-8-11(9-10-12(14)15-5)16-17(6,7)13(2,3)4/h1,11H,9-10H2,2-7H3/t11-/m1/s1. The Labute approximate surface area is 106 Å². The van der Waals surface area contributed by atoms with Gasteiger partial charge in [-0.25, -0.2) is 0 Å². The first-order valence-corrected chi connectivity index (χ1v) is 8.75. The van der Waals surface area contributed by atoms with Gasteiger partial charge in [0.05, 0.1) is 7.11 Å². The molecule has 17 heavy (non-hydrogen) atoms. The minimum Gasteiger partial charge on any atom is -0.469 e. The van der Waals surface area contributed by atoms with Gasteiger partial charge in [0.15, 0.2) is 8.32 Å². The molecule has 0 aliphatic heterocycles. The van der Waals surface area contributed by atoms with E-state index in [0.717, 1.165) is 0 Å². The lowest BCUT2D eigenvalue weighted by atomic mass is 10.2. The van der Waals surface area contributed by atoms with Crippen LogP contribution in [0.3, 0.4) is 0 Å². The van der Waals surface area contributed by atoms with E-state index in [1.807, 2.05) is 0 Å². The van der Waals surface area contributed by atoms with Gasteiger partial charge in [0.1, 0.15) is 6.10 Å². The van der Waals surface area contributed by atoms with E-state index in [1.54, 1.807) is 0 Å². The maximum Gasteiger partial charge on any atom is 0.305 e. The van der Waals surface area contributed by atoms with Gasteiger partial charge < -0.3 is 9.16 Å². The Hall–Kier alpha value is -0.793. The molecule has 0 aromatic rings. The Balaban J connectivity index is 4.42. The van der Waals surface area contributed by atoms with Crippen molar-refractivity contribution in [1.82, 2.24) is 0 Å². The van der Waals surface area contributed by atoms with E-state index in [0.29, 0.717) is 12.8 Å². The third kappa shape index (κ3) is 5.38. The predicted octanol–water partition coefficient (Wildman–Crippen LogP) is 2.96. The fourth-order valence-corrected chi connectivity index (χ4v) is 2.31. The van der Waals surface area contributed by atoms with Crippen molar-refractivity contribution in [1.29, 1.82) is 0 Å². The molecule has 4 heteroatoms. The molecular weight excluding hydrogens is 232 g/mol. The molecule has 0 aliphatic rings. The fraction of sp³-hybridized carbons (Fsp3) is 0.769. The largest absolute Gasteiger partial charge is 0.469 e. The number of methoxy groups -OCH3 is 1. The van der Waals surface area contributed by atoms with Crippen LogP contribution >= 0.6 is 0 Å². The summed E-state index contributed by atoms with van der Waals surface area (Å²) in [6.07, 6.45) is 5.98. The van der Waals surface area contributed by atoms with E-state index >= 15 is 0 Å². The third-order valence-corrected chi connectivity index (χ3v) is 7.75. The maximum atomic E-state index is 11.1. The highest BCUT2D eigenvalue weighted by Crippen LogP contribution is 2.37. The molecule has 0 saturated carbocycles. The number of carbonyl (C=O) groups is 1. The van der Waals surface area contributed by atoms with Crippen molar-refractivity contribution in [3.63, 3.8) is 0 Å². The summed E-state index contributed by atoms with van der Waals surface area (Å²) in [7, 11) is -0.489. The number of esters is 1. The van der Waals surface area contributed by atoms with Gasteiger partial charge in [-0.15, -0.1) is 6.42 Å². The van der Waals surface area contributed by atoms with Gasteiger partial charge in [0.2, 0.25) is 0 Å². The van der Waals surface area contributed by atoms with Crippen LogP contribution in [0.5, 0.6) is 0 Å². The molecule has 0 unspecified atom stereocenters. The summed E-state index contributed by atoms with van der Waals surface area (Å²) in [5.74, 6) is 2.37. The normalized spacial score (nSPS) is 13.9. The van der Waals surface area contributed by atoms with Crippen LogP contribution in [-0.4, -0.2) is 27.5 Å². The van der Waals surface area contributed by atoms with E-state index in [-0.39, 0.29) is 17.1 Å². The molecule has 0 saturated heterocycles. The smallest absolute Gasteiger partial charge is 0.305 e. The molecule has 0 aromatic heterocycles. The van der Waals surface area contributed by atoms with Crippen molar-refractivity contribution in [2.45, 2.75) is 57.8 Å². The number of hydrogen-bond donors (Lipinski definition) is 0. The van der Waals surface area contributed by atoms with Crippen molar-refractivity contribution in [3.05, 3.63) is 0 Å². The minimum absolute atomic E-state index is 0.118. The number of rotatable bonds is 5. The van der Waals surface area contributed by atoms with Gasteiger partial charge >= 0.3 is 5.97 Å². The number of ether oxygens (including phenoxy) is 1. The van der Waals surface area contributed by atoms with Gasteiger partial charge in [0, 0.05) is 6.42 Å². The Morgan fingerprint density at radius 2 is 1.94 bits per heavy atom. The highest BCUT2D eigenvalue weighted by Gasteiger charge is 2.38. The monoisotopic (exact) mass is 256 g/mol. The molecule has 0 amide bonds. The lowest BCUT2D eigenvalue weighted by Gasteiger charge is -2.38. The van der Waals surface area contributed by atoms with E-state index in [1.165, 1.54) is 7.11 Å². The van der Waals surface area contributed by atoms with Gasteiger partial charge in [-0.3, -0.25) is 4.79 Å². The summed E-state index contributed by atoms with van der Waals surface area (Å²) in [5.41, 5.74) is 0. The SMILES string of the molecule is C#C[C@H](CCC(=O)OC)O[Si](C)(C)C(C)(C)C. The Bertz CT molecular complexity index is 297. The lowest BCUT2D eigenvalue weighted by Crippen LogP contribution is -2.43. The fourth-order valence-electron chi connectivity index (χ4n) is 1.06. The van der Waals surface area contributed by atoms with Crippen LogP contribution in [0, 0.1) is 12.3 Å². The third-order valence-electron chi connectivity index (χ3n) is 3.27. The maximum absolute atomic E-state index is 11.1. The van der Waals surface area contributed by atoms with Gasteiger partial charge in [-0.2, -0.15) is 0 Å². The van der Waals surface area contributed by atoms with E-state index in [4.69, 9.17) is 10.8 Å². The molecule has 0 heterocycles. The Morgan fingerprint density at radius 1 is 1.41 bits per heavy atom. The predicted molar refractivity (Wildman–Crippen MR) is 72.2 cm³/mol. The van der Waals surface area contributed by atoms with Crippen molar-refractivity contribution in [2.24, 2.45) is 0 Å². The van der Waals surface area contributed by atoms with E-state index < -0.39 is 8.32 Å². The average Bonchev–Trinajstić information content (AvgIpc) is 2.21. The molecule has 0 fully saturated rings. The van der Waals surface area contributed by atoms with Gasteiger partial charge in [-0.1, -0.05) is 26.7 Å². The van der Waals surface area contributed by atoms with Crippen LogP contribution in [0.25, 0.3) is 0 Å². The molecule has 1 atom stereocenters. The Morgan fingerprint density at radius 3 is 2.29 bits per heavy atom. The van der Waals surface area contributed by atoms with Gasteiger partial charge in [-0.05, 0) is 24.6 Å². The van der Waals surface area contributed by atoms with Crippen LogP contribution in [0.15, 0.2) is 0 Å². The van der Waals surface area contributed by atoms with Crippen LogP contribution in [0.1, 0.15) is 33.6 Å². The second-order valence-corrected chi connectivity index (χ2v) is 10.4. The molecule has 3 nitrogen and oxygen atoms in total. The summed E-state index contributed by atoms with van der Waals surface area (Å²) in [6, 6.07) is 0. The van der Waals surface area contributed by atoms with Crippen LogP contribution in [0.2, 0.25) is 18.1 Å². The molecule has 0 aliphatic carbocycles. The van der Waals surface area contributed by atoms with Crippen molar-refractivity contribution >= 4 is 14.3 Å². The zero-order chi connectivity index (χ0) is 13.7. The van der Waals surface area contributed by atoms with Crippen LogP contribution < -0.4 is 0 Å². The number of hydrogen-bond acceptors (Lipinski definition) is 3. The van der Waals surface area contributed by atoms with Crippen molar-refractivity contribution in [2.75, 3.05) is 7.11 Å². The second kappa shape index (κ2) is 6.22. The van der Waals surface area contributed by atoms with E-state index in [9.17, 15) is 4.79 Å². The lowest BCUT2D eigenvalue weighted by molar-refractivity contribution is -0.141. The molecular formula is C13H24O3Si. The number of carbonyl (C=O) groups excluding carboxylic acids is 1. The molecule has 0 N–H and O–H groups in total. The second-order valence-electron chi connectivity index (χ2n) is 5.65. The van der Waals surface area contributed by atoms with Crippen molar-refractivity contribution < 1.29 is 14.0 Å². The zero-order valence-corrected chi connectivity index (χ0v) is 12.8. The molecule has 0 bridgehead atoms. The highest BCUT2D eigenvalue weighted by molar-refractivity contribution is 6.74.